The molecule has 0 spiro atoms. The summed E-state index contributed by atoms with van der Waals surface area (Å²) in [6, 6.07) is 0. The summed E-state index contributed by atoms with van der Waals surface area (Å²) in [5, 5.41) is 0. The first-order valence-electron chi connectivity index (χ1n) is 4.00. The average molecular weight is 200 g/mol. The van der Waals surface area contributed by atoms with Crippen LogP contribution in [-0.2, 0) is 13.0 Å². The van der Waals surface area contributed by atoms with Crippen molar-refractivity contribution in [3.63, 3.8) is 0 Å². The summed E-state index contributed by atoms with van der Waals surface area (Å²) in [6.07, 6.45) is 3.22. The van der Waals surface area contributed by atoms with Gasteiger partial charge in [0.05, 0.1) is 5.69 Å². The molecule has 0 fully saturated rings. The summed E-state index contributed by atoms with van der Waals surface area (Å²) in [5.41, 5.74) is 1.34. The van der Waals surface area contributed by atoms with Gasteiger partial charge in [0.2, 0.25) is 0 Å². The summed E-state index contributed by atoms with van der Waals surface area (Å²) >= 11 is 3.60. The quantitative estimate of drug-likeness (QED) is 0.644. The molecule has 1 aliphatic heterocycles. The van der Waals surface area contributed by atoms with Crippen LogP contribution in [0.1, 0.15) is 10.6 Å². The Labute approximate surface area is 81.0 Å². The molecule has 2 heterocycles. The van der Waals surface area contributed by atoms with Crippen molar-refractivity contribution in [2.45, 2.75) is 17.3 Å². The first-order valence-corrected chi connectivity index (χ1v) is 6.05. The van der Waals surface area contributed by atoms with Gasteiger partial charge in [0.25, 0.3) is 0 Å². The smallest absolute Gasteiger partial charge is 0.150 e. The molecule has 2 rings (SSSR count). The Morgan fingerprint density at radius 2 is 2.42 bits per heavy atom. The maximum absolute atomic E-state index is 4.56. The molecule has 1 aromatic heterocycles. The third kappa shape index (κ3) is 1.51. The Balaban J connectivity index is 2.28. The maximum atomic E-state index is 4.56. The van der Waals surface area contributed by atoms with E-state index in [0.717, 1.165) is 19.5 Å². The van der Waals surface area contributed by atoms with Gasteiger partial charge in [0.1, 0.15) is 4.34 Å². The van der Waals surface area contributed by atoms with Gasteiger partial charge >= 0.3 is 0 Å². The number of hydrogen-bond donors (Lipinski definition) is 0. The molecule has 0 atom stereocenters. The fourth-order valence-corrected chi connectivity index (χ4v) is 3.14. The standard InChI is InChI=1S/C8H12N2S2/c1-10-4-3-6-7(5-10)12-8(9-6)11-2/h3-5H2,1-2H3. The predicted octanol–water partition coefficient (Wildman–Crippen LogP) is 1.85. The average Bonchev–Trinajstić information content (AvgIpc) is 2.46. The van der Waals surface area contributed by atoms with Crippen molar-refractivity contribution in [1.29, 1.82) is 0 Å². The van der Waals surface area contributed by atoms with Crippen LogP contribution in [0, 0.1) is 0 Å². The van der Waals surface area contributed by atoms with E-state index in [0.29, 0.717) is 0 Å². The largest absolute Gasteiger partial charge is 0.301 e. The van der Waals surface area contributed by atoms with Crippen LogP contribution in [0.15, 0.2) is 4.34 Å². The summed E-state index contributed by atoms with van der Waals surface area (Å²) in [5.74, 6) is 0. The number of hydrogen-bond acceptors (Lipinski definition) is 4. The van der Waals surface area contributed by atoms with Gasteiger partial charge in [-0.05, 0) is 13.3 Å². The Hall–Kier alpha value is -0.0600. The number of likely N-dealkylation sites (N-methyl/N-ethyl adjacent to an activating group) is 1. The highest BCUT2D eigenvalue weighted by atomic mass is 32.2. The Morgan fingerprint density at radius 1 is 1.58 bits per heavy atom. The van der Waals surface area contributed by atoms with Crippen LogP contribution in [0.5, 0.6) is 0 Å². The predicted molar refractivity (Wildman–Crippen MR) is 53.9 cm³/mol. The van der Waals surface area contributed by atoms with E-state index in [1.165, 1.54) is 14.9 Å². The second-order valence-electron chi connectivity index (χ2n) is 3.04. The van der Waals surface area contributed by atoms with Crippen LogP contribution in [0.3, 0.4) is 0 Å². The van der Waals surface area contributed by atoms with E-state index >= 15 is 0 Å². The van der Waals surface area contributed by atoms with Gasteiger partial charge in [-0.25, -0.2) is 4.98 Å². The van der Waals surface area contributed by atoms with Crippen LogP contribution < -0.4 is 0 Å². The molecular weight excluding hydrogens is 188 g/mol. The first-order chi connectivity index (χ1) is 5.79. The molecule has 66 valence electrons. The Kier molecular flexibility index (Phi) is 2.39. The topological polar surface area (TPSA) is 16.1 Å². The van der Waals surface area contributed by atoms with E-state index in [9.17, 15) is 0 Å². The lowest BCUT2D eigenvalue weighted by Crippen LogP contribution is -2.25. The van der Waals surface area contributed by atoms with Gasteiger partial charge < -0.3 is 4.90 Å². The van der Waals surface area contributed by atoms with Crippen LogP contribution in [0.25, 0.3) is 0 Å². The normalized spacial score (nSPS) is 17.8. The van der Waals surface area contributed by atoms with Crippen molar-refractivity contribution in [3.05, 3.63) is 10.6 Å². The van der Waals surface area contributed by atoms with Crippen molar-refractivity contribution in [2.75, 3.05) is 19.8 Å². The number of rotatable bonds is 1. The third-order valence-electron chi connectivity index (χ3n) is 2.08. The molecule has 4 heteroatoms. The summed E-state index contributed by atoms with van der Waals surface area (Å²) in [4.78, 5) is 8.38. The fraction of sp³-hybridized carbons (Fsp3) is 0.625. The SMILES string of the molecule is CSc1nc2c(s1)CN(C)CC2. The second kappa shape index (κ2) is 3.36. The van der Waals surface area contributed by atoms with Crippen molar-refractivity contribution < 1.29 is 0 Å². The minimum absolute atomic E-state index is 1.09. The molecule has 0 aromatic carbocycles. The number of nitrogens with zero attached hydrogens (tertiary/aromatic N) is 2. The van der Waals surface area contributed by atoms with Crippen molar-refractivity contribution in [2.24, 2.45) is 0 Å². The number of thiazole rings is 1. The van der Waals surface area contributed by atoms with E-state index in [2.05, 4.69) is 23.2 Å². The highest BCUT2D eigenvalue weighted by molar-refractivity contribution is 8.00. The van der Waals surface area contributed by atoms with E-state index in [1.807, 2.05) is 11.3 Å². The first kappa shape index (κ1) is 8.53. The summed E-state index contributed by atoms with van der Waals surface area (Å²) in [6.45, 7) is 2.25. The molecule has 0 amide bonds. The molecule has 1 aromatic rings. The number of aromatic nitrogens is 1. The van der Waals surface area contributed by atoms with E-state index in [-0.39, 0.29) is 0 Å². The van der Waals surface area contributed by atoms with Crippen LogP contribution >= 0.6 is 23.1 Å². The van der Waals surface area contributed by atoms with E-state index < -0.39 is 0 Å². The number of fused-ring (bicyclic) bond motifs is 1. The van der Waals surface area contributed by atoms with Crippen molar-refractivity contribution in [1.82, 2.24) is 9.88 Å². The molecule has 1 aliphatic rings. The Morgan fingerprint density at radius 3 is 3.17 bits per heavy atom. The highest BCUT2D eigenvalue weighted by Crippen LogP contribution is 2.29. The molecule has 0 saturated heterocycles. The molecule has 0 bridgehead atoms. The second-order valence-corrected chi connectivity index (χ2v) is 5.18. The molecule has 0 unspecified atom stereocenters. The van der Waals surface area contributed by atoms with Crippen molar-refractivity contribution >= 4 is 23.1 Å². The molecular formula is C8H12N2S2. The van der Waals surface area contributed by atoms with Crippen LogP contribution in [0.4, 0.5) is 0 Å². The molecule has 0 radical (unpaired) electrons. The zero-order valence-electron chi connectivity index (χ0n) is 7.33. The summed E-state index contributed by atoms with van der Waals surface area (Å²) < 4.78 is 1.22. The minimum Gasteiger partial charge on any atom is -0.301 e. The van der Waals surface area contributed by atoms with E-state index in [1.54, 1.807) is 11.8 Å². The van der Waals surface area contributed by atoms with Gasteiger partial charge in [0.15, 0.2) is 0 Å². The van der Waals surface area contributed by atoms with Crippen LogP contribution in [-0.4, -0.2) is 29.7 Å². The monoisotopic (exact) mass is 200 g/mol. The third-order valence-corrected chi connectivity index (χ3v) is 4.14. The van der Waals surface area contributed by atoms with Gasteiger partial charge in [-0.1, -0.05) is 11.8 Å². The molecule has 2 nitrogen and oxygen atoms in total. The lowest BCUT2D eigenvalue weighted by atomic mass is 10.2. The maximum Gasteiger partial charge on any atom is 0.150 e. The van der Waals surface area contributed by atoms with Gasteiger partial charge in [0, 0.05) is 24.4 Å². The van der Waals surface area contributed by atoms with Gasteiger partial charge in [-0.2, -0.15) is 0 Å². The molecule has 0 N–H and O–H groups in total. The lowest BCUT2D eigenvalue weighted by molar-refractivity contribution is 0.314. The fourth-order valence-electron chi connectivity index (χ4n) is 1.39. The molecule has 12 heavy (non-hydrogen) atoms. The van der Waals surface area contributed by atoms with Crippen LogP contribution in [0.2, 0.25) is 0 Å². The van der Waals surface area contributed by atoms with Gasteiger partial charge in [-0.3, -0.25) is 0 Å². The Bertz CT molecular complexity index is 283. The van der Waals surface area contributed by atoms with E-state index in [4.69, 9.17) is 0 Å². The molecule has 0 saturated carbocycles. The number of thioether (sulfide) groups is 1. The molecule has 0 aliphatic carbocycles. The van der Waals surface area contributed by atoms with Gasteiger partial charge in [-0.15, -0.1) is 11.3 Å². The lowest BCUT2D eigenvalue weighted by Gasteiger charge is -2.20. The zero-order valence-corrected chi connectivity index (χ0v) is 8.97. The highest BCUT2D eigenvalue weighted by Gasteiger charge is 2.17. The zero-order chi connectivity index (χ0) is 8.55. The van der Waals surface area contributed by atoms with Crippen molar-refractivity contribution in [3.8, 4) is 0 Å². The summed E-state index contributed by atoms with van der Waals surface area (Å²) in [7, 11) is 2.17. The minimum atomic E-state index is 1.09.